The van der Waals surface area contributed by atoms with Gasteiger partial charge >= 0.3 is 0 Å². The monoisotopic (exact) mass is 365 g/mol. The number of carbonyl (C=O) groups excluding carboxylic acids is 1. The molecule has 134 valence electrons. The van der Waals surface area contributed by atoms with Crippen LogP contribution in [0.3, 0.4) is 0 Å². The Morgan fingerprint density at radius 3 is 2.69 bits per heavy atom. The van der Waals surface area contributed by atoms with Crippen molar-refractivity contribution in [1.82, 2.24) is 10.3 Å². The molecule has 0 unspecified atom stereocenters. The third-order valence-corrected chi connectivity index (χ3v) is 6.12. The second kappa shape index (κ2) is 7.46. The molecule has 3 aromatic rings. The molecule has 1 aromatic carbocycles. The van der Waals surface area contributed by atoms with Gasteiger partial charge in [0.1, 0.15) is 9.71 Å². The van der Waals surface area contributed by atoms with Crippen molar-refractivity contribution in [2.24, 2.45) is 0 Å². The van der Waals surface area contributed by atoms with E-state index in [2.05, 4.69) is 11.4 Å². The van der Waals surface area contributed by atoms with Crippen LogP contribution >= 0.6 is 11.3 Å². The van der Waals surface area contributed by atoms with Crippen molar-refractivity contribution in [3.8, 4) is 0 Å². The Balaban J connectivity index is 1.61. The SMILES string of the molecule is Nc1c(C(=O)NCc2ccccc2)sc2nc3c(cc12)CCCCCC3. The minimum atomic E-state index is -0.123. The number of pyridine rings is 1. The van der Waals surface area contributed by atoms with Gasteiger partial charge in [-0.2, -0.15) is 0 Å². The first kappa shape index (κ1) is 17.0. The summed E-state index contributed by atoms with van der Waals surface area (Å²) in [4.78, 5) is 18.9. The summed E-state index contributed by atoms with van der Waals surface area (Å²) in [6, 6.07) is 12.1. The van der Waals surface area contributed by atoms with Gasteiger partial charge in [0, 0.05) is 17.6 Å². The zero-order chi connectivity index (χ0) is 17.9. The van der Waals surface area contributed by atoms with Crippen molar-refractivity contribution < 1.29 is 4.79 Å². The molecule has 0 saturated heterocycles. The second-order valence-electron chi connectivity index (χ2n) is 6.87. The standard InChI is InChI=1S/C21H23N3OS/c22-18-16-12-15-10-6-1-2-7-11-17(15)24-21(16)26-19(18)20(25)23-13-14-8-4-3-5-9-14/h3-5,8-9,12H,1-2,6-7,10-11,13,22H2,(H,23,25). The summed E-state index contributed by atoms with van der Waals surface area (Å²) in [5.41, 5.74) is 10.4. The van der Waals surface area contributed by atoms with E-state index in [0.29, 0.717) is 17.1 Å². The molecule has 1 amide bonds. The van der Waals surface area contributed by atoms with Crippen LogP contribution in [0, 0.1) is 0 Å². The summed E-state index contributed by atoms with van der Waals surface area (Å²) in [6.45, 7) is 0.497. The minimum absolute atomic E-state index is 0.123. The average molecular weight is 366 g/mol. The molecule has 0 radical (unpaired) electrons. The number of thiophene rings is 1. The van der Waals surface area contributed by atoms with Crippen LogP contribution in [0.25, 0.3) is 10.2 Å². The Morgan fingerprint density at radius 2 is 1.88 bits per heavy atom. The number of hydrogen-bond donors (Lipinski definition) is 2. The van der Waals surface area contributed by atoms with Gasteiger partial charge in [-0.1, -0.05) is 43.2 Å². The number of aryl methyl sites for hydroxylation is 2. The van der Waals surface area contributed by atoms with Gasteiger partial charge in [0.2, 0.25) is 0 Å². The molecule has 1 aliphatic carbocycles. The van der Waals surface area contributed by atoms with Crippen molar-refractivity contribution in [3.05, 3.63) is 58.1 Å². The van der Waals surface area contributed by atoms with Crippen molar-refractivity contribution >= 4 is 33.1 Å². The van der Waals surface area contributed by atoms with Crippen LogP contribution in [0.15, 0.2) is 36.4 Å². The highest BCUT2D eigenvalue weighted by Crippen LogP contribution is 2.35. The lowest BCUT2D eigenvalue weighted by Crippen LogP contribution is -2.22. The number of rotatable bonds is 3. The quantitative estimate of drug-likeness (QED) is 0.720. The molecule has 4 rings (SSSR count). The average Bonchev–Trinajstić information content (AvgIpc) is 2.96. The number of anilines is 1. The predicted octanol–water partition coefficient (Wildman–Crippen LogP) is 4.47. The Morgan fingerprint density at radius 1 is 1.12 bits per heavy atom. The fourth-order valence-electron chi connectivity index (χ4n) is 3.54. The normalized spacial score (nSPS) is 14.5. The molecule has 2 aromatic heterocycles. The first-order valence-electron chi connectivity index (χ1n) is 9.25. The summed E-state index contributed by atoms with van der Waals surface area (Å²) < 4.78 is 0. The number of benzene rings is 1. The molecule has 0 bridgehead atoms. The molecule has 0 aliphatic heterocycles. The van der Waals surface area contributed by atoms with Crippen LogP contribution in [-0.4, -0.2) is 10.9 Å². The predicted molar refractivity (Wildman–Crippen MR) is 108 cm³/mol. The fourth-order valence-corrected chi connectivity index (χ4v) is 4.55. The molecule has 0 spiro atoms. The van der Waals surface area contributed by atoms with Crippen molar-refractivity contribution in [1.29, 1.82) is 0 Å². The maximum absolute atomic E-state index is 12.6. The van der Waals surface area contributed by atoms with Crippen LogP contribution in [0.4, 0.5) is 5.69 Å². The highest BCUT2D eigenvalue weighted by molar-refractivity contribution is 7.21. The number of hydrogen-bond acceptors (Lipinski definition) is 4. The first-order valence-corrected chi connectivity index (χ1v) is 10.1. The summed E-state index contributed by atoms with van der Waals surface area (Å²) in [7, 11) is 0. The molecular formula is C21H23N3OS. The maximum Gasteiger partial charge on any atom is 0.263 e. The van der Waals surface area contributed by atoms with E-state index in [1.165, 1.54) is 48.3 Å². The van der Waals surface area contributed by atoms with E-state index in [1.807, 2.05) is 30.3 Å². The van der Waals surface area contributed by atoms with Crippen LogP contribution in [-0.2, 0) is 19.4 Å². The summed E-state index contributed by atoms with van der Waals surface area (Å²) in [5.74, 6) is -0.123. The third kappa shape index (κ3) is 3.44. The van der Waals surface area contributed by atoms with Crippen LogP contribution < -0.4 is 11.1 Å². The lowest BCUT2D eigenvalue weighted by molar-refractivity contribution is 0.0956. The van der Waals surface area contributed by atoms with Crippen LogP contribution in [0.1, 0.15) is 52.2 Å². The topological polar surface area (TPSA) is 68.0 Å². The summed E-state index contributed by atoms with van der Waals surface area (Å²) in [6.07, 6.45) is 7.04. The highest BCUT2D eigenvalue weighted by atomic mass is 32.1. The number of amides is 1. The molecule has 2 heterocycles. The van der Waals surface area contributed by atoms with E-state index in [1.54, 1.807) is 0 Å². The molecule has 3 N–H and O–H groups in total. The molecule has 26 heavy (non-hydrogen) atoms. The molecule has 5 heteroatoms. The number of carbonyl (C=O) groups is 1. The summed E-state index contributed by atoms with van der Waals surface area (Å²) >= 11 is 1.40. The van der Waals surface area contributed by atoms with Gasteiger partial charge in [0.05, 0.1) is 5.69 Å². The maximum atomic E-state index is 12.6. The van der Waals surface area contributed by atoms with Gasteiger partial charge in [-0.25, -0.2) is 4.98 Å². The number of fused-ring (bicyclic) bond motifs is 2. The fraction of sp³-hybridized carbons (Fsp3) is 0.333. The molecular weight excluding hydrogens is 342 g/mol. The molecule has 0 saturated carbocycles. The second-order valence-corrected chi connectivity index (χ2v) is 7.87. The molecule has 0 atom stereocenters. The Bertz CT molecular complexity index is 933. The lowest BCUT2D eigenvalue weighted by Gasteiger charge is -2.12. The van der Waals surface area contributed by atoms with E-state index in [9.17, 15) is 4.79 Å². The number of nitrogens with one attached hydrogen (secondary N) is 1. The number of nitrogen functional groups attached to an aromatic ring is 1. The van der Waals surface area contributed by atoms with Crippen LogP contribution in [0.2, 0.25) is 0 Å². The zero-order valence-corrected chi connectivity index (χ0v) is 15.6. The van der Waals surface area contributed by atoms with Gasteiger partial charge in [-0.05, 0) is 42.9 Å². The van der Waals surface area contributed by atoms with Gasteiger partial charge in [0.25, 0.3) is 5.91 Å². The van der Waals surface area contributed by atoms with Crippen molar-refractivity contribution in [3.63, 3.8) is 0 Å². The van der Waals surface area contributed by atoms with E-state index in [0.717, 1.165) is 28.6 Å². The van der Waals surface area contributed by atoms with Crippen molar-refractivity contribution in [2.75, 3.05) is 5.73 Å². The minimum Gasteiger partial charge on any atom is -0.397 e. The van der Waals surface area contributed by atoms with Crippen molar-refractivity contribution in [2.45, 2.75) is 45.1 Å². The smallest absolute Gasteiger partial charge is 0.263 e. The Hall–Kier alpha value is -2.40. The highest BCUT2D eigenvalue weighted by Gasteiger charge is 2.19. The van der Waals surface area contributed by atoms with E-state index >= 15 is 0 Å². The van der Waals surface area contributed by atoms with E-state index in [-0.39, 0.29) is 5.91 Å². The van der Waals surface area contributed by atoms with E-state index in [4.69, 9.17) is 10.7 Å². The third-order valence-electron chi connectivity index (χ3n) is 5.00. The number of nitrogens with zero attached hydrogens (tertiary/aromatic N) is 1. The lowest BCUT2D eigenvalue weighted by atomic mass is 9.96. The number of nitrogens with two attached hydrogens (primary N) is 1. The Labute approximate surface area is 157 Å². The number of aromatic nitrogens is 1. The molecule has 4 nitrogen and oxygen atoms in total. The van der Waals surface area contributed by atoms with Crippen LogP contribution in [0.5, 0.6) is 0 Å². The molecule has 1 aliphatic rings. The Kier molecular flexibility index (Phi) is 4.89. The largest absolute Gasteiger partial charge is 0.397 e. The van der Waals surface area contributed by atoms with Gasteiger partial charge in [-0.15, -0.1) is 11.3 Å². The van der Waals surface area contributed by atoms with Gasteiger partial charge in [0.15, 0.2) is 0 Å². The first-order chi connectivity index (χ1) is 12.7. The van der Waals surface area contributed by atoms with E-state index < -0.39 is 0 Å². The zero-order valence-electron chi connectivity index (χ0n) is 14.8. The molecule has 0 fully saturated rings. The summed E-state index contributed by atoms with van der Waals surface area (Å²) in [5, 5.41) is 3.90. The van der Waals surface area contributed by atoms with Gasteiger partial charge in [-0.3, -0.25) is 4.79 Å². The van der Waals surface area contributed by atoms with Gasteiger partial charge < -0.3 is 11.1 Å².